The minimum absolute atomic E-state index is 0.102. The smallest absolute Gasteiger partial charge is 0.352 e. The zero-order valence-corrected chi connectivity index (χ0v) is 23.2. The van der Waals surface area contributed by atoms with Crippen molar-refractivity contribution in [2.45, 2.75) is 30.4 Å². The van der Waals surface area contributed by atoms with Crippen LogP contribution in [0.4, 0.5) is 0 Å². The number of hydrogen-bond donors (Lipinski definition) is 1. The fourth-order valence-electron chi connectivity index (χ4n) is 5.06. The van der Waals surface area contributed by atoms with Gasteiger partial charge in [-0.25, -0.2) is 9.59 Å². The summed E-state index contributed by atoms with van der Waals surface area (Å²) in [5.74, 6) is -1.44. The number of fused-ring (bicyclic) bond motifs is 2. The quantitative estimate of drug-likeness (QED) is 0.267. The third-order valence-corrected chi connectivity index (χ3v) is 10.2. The first-order valence-electron chi connectivity index (χ1n) is 12.8. The highest BCUT2D eigenvalue weighted by atomic mass is 32.2. The van der Waals surface area contributed by atoms with E-state index in [2.05, 4.69) is 0 Å². The fraction of sp³-hybridized carbons (Fsp3) is 0.310. The lowest BCUT2D eigenvalue weighted by atomic mass is 9.88. The molecule has 1 N–H and O–H groups in total. The Hall–Kier alpha value is -3.70. The van der Waals surface area contributed by atoms with Crippen LogP contribution in [0, 0.1) is 5.92 Å². The van der Waals surface area contributed by atoms with Crippen LogP contribution < -0.4 is 10.4 Å². The van der Waals surface area contributed by atoms with Gasteiger partial charge in [0.15, 0.2) is 0 Å². The van der Waals surface area contributed by atoms with Gasteiger partial charge in [-0.05, 0) is 29.5 Å². The number of rotatable bonds is 11. The van der Waals surface area contributed by atoms with Crippen molar-refractivity contribution in [1.29, 1.82) is 0 Å². The molecule has 0 saturated carbocycles. The lowest BCUT2D eigenvalue weighted by Gasteiger charge is -2.51. The highest BCUT2D eigenvalue weighted by Gasteiger charge is 2.59. The second-order valence-corrected chi connectivity index (χ2v) is 12.5. The third-order valence-electron chi connectivity index (χ3n) is 6.96. The Bertz CT molecular complexity index is 1580. The highest BCUT2D eigenvalue weighted by molar-refractivity contribution is 8.00. The van der Waals surface area contributed by atoms with Crippen LogP contribution in [-0.4, -0.2) is 60.6 Å². The van der Waals surface area contributed by atoms with Crippen LogP contribution in [0.1, 0.15) is 18.9 Å². The molecule has 11 heteroatoms. The number of nitrogens with zero attached hydrogens (tertiary/aromatic N) is 1. The van der Waals surface area contributed by atoms with Crippen LogP contribution in [0.3, 0.4) is 0 Å². The van der Waals surface area contributed by atoms with E-state index in [-0.39, 0.29) is 36.5 Å². The number of thioether (sulfide) groups is 1. The number of aliphatic carboxylic acids is 1. The zero-order chi connectivity index (χ0) is 28.4. The fourth-order valence-corrected chi connectivity index (χ4v) is 8.28. The van der Waals surface area contributed by atoms with Crippen LogP contribution >= 0.6 is 11.8 Å². The number of β-lactam (4-membered cyclic amide) rings is 1. The highest BCUT2D eigenvalue weighted by Crippen LogP contribution is 2.44. The average molecular weight is 582 g/mol. The van der Waals surface area contributed by atoms with Crippen LogP contribution in [0.15, 0.2) is 81.1 Å². The van der Waals surface area contributed by atoms with Gasteiger partial charge in [0.1, 0.15) is 34.8 Å². The molecule has 1 fully saturated rings. The van der Waals surface area contributed by atoms with E-state index in [4.69, 9.17) is 9.15 Å². The molecule has 1 saturated heterocycles. The monoisotopic (exact) mass is 581 g/mol. The number of hydrogen-bond acceptors (Lipinski definition) is 8. The van der Waals surface area contributed by atoms with E-state index in [1.165, 1.54) is 23.9 Å². The van der Waals surface area contributed by atoms with Gasteiger partial charge in [-0.1, -0.05) is 37.3 Å². The number of ether oxygens (including phenoxy) is 1. The van der Waals surface area contributed by atoms with Crippen molar-refractivity contribution >= 4 is 51.2 Å². The Kier molecular flexibility index (Phi) is 8.22. The Morgan fingerprint density at radius 2 is 1.85 bits per heavy atom. The summed E-state index contributed by atoms with van der Waals surface area (Å²) in [5.41, 5.74) is 0.620. The van der Waals surface area contributed by atoms with E-state index in [0.717, 1.165) is 16.2 Å². The summed E-state index contributed by atoms with van der Waals surface area (Å²) in [4.78, 5) is 51.2. The predicted molar refractivity (Wildman–Crippen MR) is 151 cm³/mol. The van der Waals surface area contributed by atoms with E-state index in [0.29, 0.717) is 22.5 Å². The van der Waals surface area contributed by atoms with Crippen molar-refractivity contribution < 1.29 is 32.9 Å². The molecule has 208 valence electrons. The molecule has 1 unspecified atom stereocenters. The predicted octanol–water partition coefficient (Wildman–Crippen LogP) is 3.38. The van der Waals surface area contributed by atoms with Crippen molar-refractivity contribution in [1.82, 2.24) is 4.90 Å². The van der Waals surface area contributed by atoms with E-state index in [1.807, 2.05) is 37.3 Å². The van der Waals surface area contributed by atoms with Crippen molar-refractivity contribution in [3.8, 4) is 5.75 Å². The molecule has 0 spiro atoms. The maximum Gasteiger partial charge on any atom is 0.352 e. The van der Waals surface area contributed by atoms with Crippen molar-refractivity contribution in [3.63, 3.8) is 0 Å². The number of Topliss-reactive ketones (excluding diaryl/α,β-unsaturated/α-hetero) is 1. The number of carboxylic acids is 1. The number of carbonyl (C=O) groups is 3. The number of carboxylic acid groups (broad SMARTS) is 1. The van der Waals surface area contributed by atoms with E-state index in [9.17, 15) is 28.5 Å². The molecule has 3 aromatic rings. The molecule has 5 rings (SSSR count). The maximum atomic E-state index is 13.9. The van der Waals surface area contributed by atoms with E-state index >= 15 is 0 Å². The molecule has 2 aliphatic heterocycles. The Morgan fingerprint density at radius 1 is 1.10 bits per heavy atom. The molecule has 1 amide bonds. The number of benzene rings is 2. The first kappa shape index (κ1) is 27.9. The third kappa shape index (κ3) is 5.48. The summed E-state index contributed by atoms with van der Waals surface area (Å²) < 4.78 is 25.0. The summed E-state index contributed by atoms with van der Waals surface area (Å²) in [6.45, 7) is 1.72. The normalized spacial score (nSPS) is 22.1. The van der Waals surface area contributed by atoms with Gasteiger partial charge in [0.05, 0.1) is 22.0 Å². The first-order chi connectivity index (χ1) is 19.3. The van der Waals surface area contributed by atoms with E-state index < -0.39 is 44.8 Å². The van der Waals surface area contributed by atoms with Crippen molar-refractivity contribution in [3.05, 3.63) is 87.9 Å². The van der Waals surface area contributed by atoms with Crippen molar-refractivity contribution in [2.75, 3.05) is 18.1 Å². The summed E-state index contributed by atoms with van der Waals surface area (Å²) in [6.07, 6.45) is 0.0426. The summed E-state index contributed by atoms with van der Waals surface area (Å²) >= 11 is 1.51. The number of carbonyl (C=O) groups excluding carboxylic acids is 2. The van der Waals surface area contributed by atoms with Gasteiger partial charge in [-0.15, -0.1) is 0 Å². The lowest BCUT2D eigenvalue weighted by molar-refractivity contribution is -0.154. The molecule has 2 aromatic carbocycles. The minimum Gasteiger partial charge on any atom is -0.489 e. The molecule has 4 atom stereocenters. The SMILES string of the molecule is CCSC[C@H]1C(COc2ccc3ccc(=O)oc3c2)=C(C(=O)O)N2C(=O)[C@@H](CC(=O)Cc3ccccc3)[C@H]2S1=O. The van der Waals surface area contributed by atoms with Gasteiger partial charge >= 0.3 is 11.6 Å². The van der Waals surface area contributed by atoms with Crippen LogP contribution in [0.25, 0.3) is 11.0 Å². The van der Waals surface area contributed by atoms with Crippen molar-refractivity contribution in [2.24, 2.45) is 5.92 Å². The minimum atomic E-state index is -1.66. The van der Waals surface area contributed by atoms with Gasteiger partial charge in [0.2, 0.25) is 5.91 Å². The summed E-state index contributed by atoms with van der Waals surface area (Å²) in [7, 11) is -1.66. The molecule has 9 nitrogen and oxygen atoms in total. The molecule has 1 aromatic heterocycles. The lowest BCUT2D eigenvalue weighted by Crippen LogP contribution is -2.67. The molecule has 0 bridgehead atoms. The Labute approximate surface area is 236 Å². The second kappa shape index (κ2) is 11.8. The summed E-state index contributed by atoms with van der Waals surface area (Å²) in [6, 6.07) is 17.0. The topological polar surface area (TPSA) is 131 Å². The number of ketones is 1. The Morgan fingerprint density at radius 3 is 2.58 bits per heavy atom. The first-order valence-corrected chi connectivity index (χ1v) is 15.2. The van der Waals surface area contributed by atoms with Gasteiger partial charge in [-0.2, -0.15) is 11.8 Å². The van der Waals surface area contributed by atoms with Gasteiger partial charge in [-0.3, -0.25) is 18.7 Å². The van der Waals surface area contributed by atoms with Gasteiger partial charge in [0, 0.05) is 41.7 Å². The van der Waals surface area contributed by atoms with Crippen LogP contribution in [0.5, 0.6) is 5.75 Å². The molecular formula is C29H27NO8S2. The molecule has 3 heterocycles. The Balaban J connectivity index is 1.42. The molecular weight excluding hydrogens is 554 g/mol. The van der Waals surface area contributed by atoms with Crippen LogP contribution in [-0.2, 0) is 31.6 Å². The molecule has 0 radical (unpaired) electrons. The largest absolute Gasteiger partial charge is 0.489 e. The number of amides is 1. The molecule has 2 aliphatic rings. The van der Waals surface area contributed by atoms with Gasteiger partial charge in [0.25, 0.3) is 0 Å². The van der Waals surface area contributed by atoms with Gasteiger partial charge < -0.3 is 14.3 Å². The second-order valence-electron chi connectivity index (χ2n) is 9.51. The zero-order valence-electron chi connectivity index (χ0n) is 21.6. The van der Waals surface area contributed by atoms with E-state index in [1.54, 1.807) is 18.2 Å². The molecule has 0 aliphatic carbocycles. The maximum absolute atomic E-state index is 13.9. The van der Waals surface area contributed by atoms with Crippen LogP contribution in [0.2, 0.25) is 0 Å². The average Bonchev–Trinajstić information content (AvgIpc) is 2.94. The molecule has 40 heavy (non-hydrogen) atoms. The summed E-state index contributed by atoms with van der Waals surface area (Å²) in [5, 5.41) is 9.30. The standard InChI is InChI=1S/C29H27NO8S2/c1-2-39-16-24-22(15-37-20-10-8-18-9-11-25(32)38-23(18)14-20)26(29(34)35)30-27(33)21(28(30)40(24)36)13-19(31)12-17-6-4-3-5-7-17/h3-11,14,21,24,28H,2,12-13,15-16H2,1H3,(H,34,35)/t21-,24+,28-,40?/m1/s1.